The molecule has 0 spiro atoms. The summed E-state index contributed by atoms with van der Waals surface area (Å²) in [7, 11) is 0. The van der Waals surface area contributed by atoms with Gasteiger partial charge in [-0.25, -0.2) is 0 Å². The van der Waals surface area contributed by atoms with Gasteiger partial charge in [-0.1, -0.05) is 0 Å². The number of carboxylic acids is 2. The number of esters is 2. The second-order valence-electron chi connectivity index (χ2n) is 4.81. The third-order valence-electron chi connectivity index (χ3n) is 2.65. The Kier molecular flexibility index (Phi) is 17.3. The van der Waals surface area contributed by atoms with Crippen LogP contribution in [0, 0.1) is 0 Å². The number of rotatable bonds is 12. The minimum absolute atomic E-state index is 0.0628. The molecule has 0 atom stereocenters. The van der Waals surface area contributed by atoms with Gasteiger partial charge in [0, 0.05) is 25.7 Å². The SMILES string of the molecule is CCOC(=O)CCCCC(=O)OCC.O=C(O)CCCCC(=O)O. The lowest BCUT2D eigenvalue weighted by Gasteiger charge is -2.02. The van der Waals surface area contributed by atoms with Crippen LogP contribution in [0.15, 0.2) is 0 Å². The van der Waals surface area contributed by atoms with Gasteiger partial charge in [0.2, 0.25) is 0 Å². The molecule has 2 N–H and O–H groups in total. The third kappa shape index (κ3) is 22.2. The molecule has 0 unspecified atom stereocenters. The van der Waals surface area contributed by atoms with E-state index in [1.54, 1.807) is 13.8 Å². The van der Waals surface area contributed by atoms with Crippen LogP contribution in [0.5, 0.6) is 0 Å². The van der Waals surface area contributed by atoms with Gasteiger partial charge in [-0.05, 0) is 39.5 Å². The highest BCUT2D eigenvalue weighted by Crippen LogP contribution is 2.02. The van der Waals surface area contributed by atoms with Gasteiger partial charge in [-0.15, -0.1) is 0 Å². The molecule has 0 fully saturated rings. The summed E-state index contributed by atoms with van der Waals surface area (Å²) >= 11 is 0. The molecule has 0 saturated heterocycles. The molecule has 24 heavy (non-hydrogen) atoms. The van der Waals surface area contributed by atoms with Crippen molar-refractivity contribution in [3.05, 3.63) is 0 Å². The van der Waals surface area contributed by atoms with Crippen LogP contribution in [0.1, 0.15) is 65.2 Å². The quantitative estimate of drug-likeness (QED) is 0.406. The van der Waals surface area contributed by atoms with Crippen LogP contribution in [0.4, 0.5) is 0 Å². The molecule has 140 valence electrons. The number of carbonyl (C=O) groups is 4. The second kappa shape index (κ2) is 17.2. The van der Waals surface area contributed by atoms with Gasteiger partial charge >= 0.3 is 23.9 Å². The van der Waals surface area contributed by atoms with Crippen LogP contribution in [0.2, 0.25) is 0 Å². The molecule has 0 aromatic heterocycles. The van der Waals surface area contributed by atoms with Crippen molar-refractivity contribution in [3.63, 3.8) is 0 Å². The average molecular weight is 348 g/mol. The Bertz CT molecular complexity index is 342. The smallest absolute Gasteiger partial charge is 0.305 e. The Morgan fingerprint density at radius 3 is 1.17 bits per heavy atom. The van der Waals surface area contributed by atoms with E-state index in [2.05, 4.69) is 0 Å². The van der Waals surface area contributed by atoms with Crippen LogP contribution in [0.3, 0.4) is 0 Å². The first kappa shape index (κ1) is 24.1. The van der Waals surface area contributed by atoms with Gasteiger partial charge < -0.3 is 19.7 Å². The van der Waals surface area contributed by atoms with E-state index in [-0.39, 0.29) is 24.8 Å². The largest absolute Gasteiger partial charge is 0.481 e. The second-order valence-corrected chi connectivity index (χ2v) is 4.81. The lowest BCUT2D eigenvalue weighted by atomic mass is 10.2. The molecule has 0 aromatic carbocycles. The van der Waals surface area contributed by atoms with Crippen molar-refractivity contribution < 1.29 is 38.9 Å². The Hall–Kier alpha value is -2.12. The van der Waals surface area contributed by atoms with E-state index < -0.39 is 11.9 Å². The van der Waals surface area contributed by atoms with Gasteiger partial charge in [0.15, 0.2) is 0 Å². The van der Waals surface area contributed by atoms with Crippen LogP contribution in [-0.2, 0) is 28.7 Å². The first-order chi connectivity index (χ1) is 11.3. The maximum absolute atomic E-state index is 10.9. The predicted molar refractivity (Wildman–Crippen MR) is 85.5 cm³/mol. The molecule has 0 aromatic rings. The minimum atomic E-state index is -0.870. The average Bonchev–Trinajstić information content (AvgIpc) is 2.49. The predicted octanol–water partition coefficient (Wildman–Crippen LogP) is 2.39. The molecule has 0 radical (unpaired) electrons. The van der Waals surface area contributed by atoms with Gasteiger partial charge in [-0.2, -0.15) is 0 Å². The standard InChI is InChI=1S/C10H18O4.C6H10O4/c1-3-13-9(11)7-5-6-8-10(12)14-4-2;7-5(8)3-1-2-4-6(9)10/h3-8H2,1-2H3;1-4H2,(H,7,8)(H,9,10). The molecule has 0 bridgehead atoms. The highest BCUT2D eigenvalue weighted by molar-refractivity contribution is 5.70. The Morgan fingerprint density at radius 2 is 0.917 bits per heavy atom. The summed E-state index contributed by atoms with van der Waals surface area (Å²) in [5.41, 5.74) is 0. The summed E-state index contributed by atoms with van der Waals surface area (Å²) in [6.07, 6.45) is 3.14. The first-order valence-electron chi connectivity index (χ1n) is 8.08. The summed E-state index contributed by atoms with van der Waals surface area (Å²) in [6, 6.07) is 0. The van der Waals surface area contributed by atoms with E-state index in [1.165, 1.54) is 0 Å². The number of ether oxygens (including phenoxy) is 2. The fourth-order valence-electron chi connectivity index (χ4n) is 1.56. The maximum Gasteiger partial charge on any atom is 0.305 e. The zero-order valence-electron chi connectivity index (χ0n) is 14.4. The summed E-state index contributed by atoms with van der Waals surface area (Å²) in [4.78, 5) is 41.5. The lowest BCUT2D eigenvalue weighted by molar-refractivity contribution is -0.145. The van der Waals surface area contributed by atoms with E-state index in [0.717, 1.165) is 0 Å². The molecule has 0 heterocycles. The number of carbonyl (C=O) groups excluding carboxylic acids is 2. The zero-order chi connectivity index (χ0) is 18.8. The number of unbranched alkanes of at least 4 members (excludes halogenated alkanes) is 2. The normalized spacial score (nSPS) is 9.42. The van der Waals surface area contributed by atoms with Crippen molar-refractivity contribution in [1.82, 2.24) is 0 Å². The van der Waals surface area contributed by atoms with Crippen molar-refractivity contribution in [2.45, 2.75) is 65.2 Å². The zero-order valence-corrected chi connectivity index (χ0v) is 14.4. The van der Waals surface area contributed by atoms with Crippen molar-refractivity contribution >= 4 is 23.9 Å². The number of carboxylic acid groups (broad SMARTS) is 2. The summed E-state index contributed by atoms with van der Waals surface area (Å²) in [5, 5.41) is 16.3. The van der Waals surface area contributed by atoms with E-state index >= 15 is 0 Å². The van der Waals surface area contributed by atoms with Crippen LogP contribution in [-0.4, -0.2) is 47.3 Å². The molecular formula is C16H28O8. The summed E-state index contributed by atoms with van der Waals surface area (Å²) < 4.78 is 9.48. The molecular weight excluding hydrogens is 320 g/mol. The monoisotopic (exact) mass is 348 g/mol. The topological polar surface area (TPSA) is 127 Å². The molecule has 0 rings (SSSR count). The molecule has 0 aliphatic carbocycles. The molecule has 0 amide bonds. The van der Waals surface area contributed by atoms with Crippen LogP contribution in [0.25, 0.3) is 0 Å². The maximum atomic E-state index is 10.9. The Labute approximate surface area is 142 Å². The Balaban J connectivity index is 0. The highest BCUT2D eigenvalue weighted by atomic mass is 16.5. The third-order valence-corrected chi connectivity index (χ3v) is 2.65. The minimum Gasteiger partial charge on any atom is -0.481 e. The van der Waals surface area contributed by atoms with Crippen LogP contribution >= 0.6 is 0 Å². The first-order valence-corrected chi connectivity index (χ1v) is 8.08. The summed E-state index contributed by atoms with van der Waals surface area (Å²) in [6.45, 7) is 4.38. The van der Waals surface area contributed by atoms with Crippen molar-refractivity contribution in [2.24, 2.45) is 0 Å². The van der Waals surface area contributed by atoms with Gasteiger partial charge in [-0.3, -0.25) is 19.2 Å². The Morgan fingerprint density at radius 1 is 0.625 bits per heavy atom. The number of hydrogen-bond acceptors (Lipinski definition) is 6. The van der Waals surface area contributed by atoms with Crippen LogP contribution < -0.4 is 0 Å². The van der Waals surface area contributed by atoms with E-state index in [0.29, 0.717) is 51.7 Å². The molecule has 0 saturated carbocycles. The van der Waals surface area contributed by atoms with E-state index in [1.807, 2.05) is 0 Å². The molecule has 8 heteroatoms. The summed E-state index contributed by atoms with van der Waals surface area (Å²) in [5.74, 6) is -2.14. The number of hydrogen-bond donors (Lipinski definition) is 2. The molecule has 0 aliphatic rings. The molecule has 0 aliphatic heterocycles. The molecule has 8 nitrogen and oxygen atoms in total. The van der Waals surface area contributed by atoms with Crippen molar-refractivity contribution in [3.8, 4) is 0 Å². The van der Waals surface area contributed by atoms with Crippen molar-refractivity contribution in [2.75, 3.05) is 13.2 Å². The van der Waals surface area contributed by atoms with Gasteiger partial charge in [0.1, 0.15) is 0 Å². The fraction of sp³-hybridized carbons (Fsp3) is 0.750. The fourth-order valence-corrected chi connectivity index (χ4v) is 1.56. The highest BCUT2D eigenvalue weighted by Gasteiger charge is 2.04. The number of aliphatic carboxylic acids is 2. The van der Waals surface area contributed by atoms with Gasteiger partial charge in [0.05, 0.1) is 13.2 Å². The lowest BCUT2D eigenvalue weighted by Crippen LogP contribution is -2.06. The van der Waals surface area contributed by atoms with Crippen molar-refractivity contribution in [1.29, 1.82) is 0 Å². The van der Waals surface area contributed by atoms with E-state index in [4.69, 9.17) is 19.7 Å². The van der Waals surface area contributed by atoms with Gasteiger partial charge in [0.25, 0.3) is 0 Å². The van der Waals surface area contributed by atoms with E-state index in [9.17, 15) is 19.2 Å².